The Bertz CT molecular complexity index is 1190. The van der Waals surface area contributed by atoms with Crippen LogP contribution in [0, 0.1) is 5.92 Å². The Balaban J connectivity index is 1.51. The van der Waals surface area contributed by atoms with E-state index in [-0.39, 0.29) is 5.91 Å². The maximum Gasteiger partial charge on any atom is 0.257 e. The molecule has 1 atom stereocenters. The van der Waals surface area contributed by atoms with Crippen molar-refractivity contribution in [3.8, 4) is 0 Å². The van der Waals surface area contributed by atoms with Crippen molar-refractivity contribution in [2.24, 2.45) is 11.7 Å². The molecule has 2 aromatic carbocycles. The summed E-state index contributed by atoms with van der Waals surface area (Å²) in [4.78, 5) is 31.1. The summed E-state index contributed by atoms with van der Waals surface area (Å²) >= 11 is 0. The van der Waals surface area contributed by atoms with E-state index in [0.29, 0.717) is 22.7 Å². The molecule has 0 spiro atoms. The molecule has 32 heavy (non-hydrogen) atoms. The number of nitrogens with zero attached hydrogens (tertiary/aromatic N) is 1. The van der Waals surface area contributed by atoms with Gasteiger partial charge >= 0.3 is 0 Å². The Morgan fingerprint density at radius 2 is 1.94 bits per heavy atom. The molecule has 0 radical (unpaired) electrons. The van der Waals surface area contributed by atoms with Gasteiger partial charge in [-0.15, -0.1) is 0 Å². The number of benzene rings is 2. The zero-order valence-corrected chi connectivity index (χ0v) is 18.5. The summed E-state index contributed by atoms with van der Waals surface area (Å²) in [7, 11) is 0. The zero-order valence-electron chi connectivity index (χ0n) is 18.5. The van der Waals surface area contributed by atoms with E-state index in [9.17, 15) is 9.59 Å². The predicted molar refractivity (Wildman–Crippen MR) is 128 cm³/mol. The van der Waals surface area contributed by atoms with Crippen molar-refractivity contribution in [1.82, 2.24) is 4.98 Å². The molecule has 166 valence electrons. The van der Waals surface area contributed by atoms with Crippen LogP contribution in [0.25, 0.3) is 10.9 Å². The van der Waals surface area contributed by atoms with Crippen molar-refractivity contribution < 1.29 is 9.59 Å². The first-order chi connectivity index (χ1) is 15.5. The van der Waals surface area contributed by atoms with Gasteiger partial charge in [-0.3, -0.25) is 9.59 Å². The molecule has 6 nitrogen and oxygen atoms in total. The Morgan fingerprint density at radius 1 is 1.12 bits per heavy atom. The summed E-state index contributed by atoms with van der Waals surface area (Å²) in [5, 5.41) is 4.23. The third kappa shape index (κ3) is 3.74. The predicted octanol–water partition coefficient (Wildman–Crippen LogP) is 4.63. The van der Waals surface area contributed by atoms with Gasteiger partial charge in [0.15, 0.2) is 0 Å². The molecule has 1 aliphatic carbocycles. The van der Waals surface area contributed by atoms with Crippen molar-refractivity contribution in [2.45, 2.75) is 45.4 Å². The number of aromatic nitrogens is 1. The minimum atomic E-state index is -0.501. The molecule has 2 aliphatic rings. The maximum atomic E-state index is 13.5. The van der Waals surface area contributed by atoms with Crippen LogP contribution in [0.15, 0.2) is 36.4 Å². The van der Waals surface area contributed by atoms with Crippen molar-refractivity contribution in [3.05, 3.63) is 58.8 Å². The van der Waals surface area contributed by atoms with E-state index in [1.165, 1.54) is 24.1 Å². The number of fused-ring (bicyclic) bond motifs is 3. The molecule has 0 bridgehead atoms. The number of hydrogen-bond acceptors (Lipinski definition) is 3. The number of para-hydroxylation sites is 1. The molecule has 0 saturated carbocycles. The summed E-state index contributed by atoms with van der Waals surface area (Å²) in [5.74, 6) is -0.0243. The van der Waals surface area contributed by atoms with E-state index in [1.54, 1.807) is 12.1 Å². The van der Waals surface area contributed by atoms with Gasteiger partial charge in [0.1, 0.15) is 0 Å². The first-order valence-corrected chi connectivity index (χ1v) is 11.6. The van der Waals surface area contributed by atoms with Crippen LogP contribution in [-0.4, -0.2) is 29.9 Å². The number of H-pyrrole nitrogens is 1. The van der Waals surface area contributed by atoms with Gasteiger partial charge < -0.3 is 20.9 Å². The number of anilines is 2. The van der Waals surface area contributed by atoms with Crippen molar-refractivity contribution >= 4 is 34.1 Å². The Labute approximate surface area is 188 Å². The first-order valence-electron chi connectivity index (χ1n) is 11.6. The van der Waals surface area contributed by atoms with Crippen LogP contribution in [-0.2, 0) is 12.8 Å². The van der Waals surface area contributed by atoms with Gasteiger partial charge in [-0.05, 0) is 74.3 Å². The second-order valence-corrected chi connectivity index (χ2v) is 9.26. The normalized spacial score (nSPS) is 18.4. The SMILES string of the molecule is CC1CCc2[nH]c3c(C(=O)Nc4cc(C(N)=O)ccc4N4CCCCC4)cccc3c2C1. The van der Waals surface area contributed by atoms with E-state index < -0.39 is 5.91 Å². The fraction of sp³-hybridized carbons (Fsp3) is 0.385. The molecule has 1 aromatic heterocycles. The fourth-order valence-electron chi connectivity index (χ4n) is 5.19. The largest absolute Gasteiger partial charge is 0.370 e. The number of carbonyl (C=O) groups is 2. The standard InChI is InChI=1S/C26H30N4O2/c1-16-8-10-21-20(14-16)18-6-5-7-19(24(18)28-21)26(32)29-22-15-17(25(27)31)9-11-23(22)30-12-3-2-4-13-30/h5-7,9,11,15-16,28H,2-4,8,10,12-14H2,1H3,(H2,27,31)(H,29,32). The van der Waals surface area contributed by atoms with E-state index >= 15 is 0 Å². The number of primary amides is 1. The molecular weight excluding hydrogens is 400 g/mol. The van der Waals surface area contributed by atoms with Crippen molar-refractivity contribution in [3.63, 3.8) is 0 Å². The van der Waals surface area contributed by atoms with Crippen LogP contribution in [0.5, 0.6) is 0 Å². The van der Waals surface area contributed by atoms with Gasteiger partial charge in [0.2, 0.25) is 5.91 Å². The lowest BCUT2D eigenvalue weighted by atomic mass is 9.87. The summed E-state index contributed by atoms with van der Waals surface area (Å²) in [6, 6.07) is 11.3. The molecule has 5 rings (SSSR count). The summed E-state index contributed by atoms with van der Waals surface area (Å²) < 4.78 is 0. The number of nitrogens with one attached hydrogen (secondary N) is 2. The fourth-order valence-corrected chi connectivity index (χ4v) is 5.19. The van der Waals surface area contributed by atoms with E-state index in [4.69, 9.17) is 5.73 Å². The van der Waals surface area contributed by atoms with Crippen LogP contribution in [0.2, 0.25) is 0 Å². The highest BCUT2D eigenvalue weighted by molar-refractivity contribution is 6.14. The molecule has 2 heterocycles. The van der Waals surface area contributed by atoms with Crippen LogP contribution in [0.4, 0.5) is 11.4 Å². The topological polar surface area (TPSA) is 91.2 Å². The summed E-state index contributed by atoms with van der Waals surface area (Å²) in [6.07, 6.45) is 6.69. The molecule has 4 N–H and O–H groups in total. The van der Waals surface area contributed by atoms with Crippen LogP contribution < -0.4 is 16.0 Å². The second kappa shape index (κ2) is 8.34. The molecule has 1 unspecified atom stereocenters. The second-order valence-electron chi connectivity index (χ2n) is 9.26. The summed E-state index contributed by atoms with van der Waals surface area (Å²) in [6.45, 7) is 4.16. The van der Waals surface area contributed by atoms with Gasteiger partial charge in [0.25, 0.3) is 5.91 Å². The maximum absolute atomic E-state index is 13.5. The lowest BCUT2D eigenvalue weighted by Gasteiger charge is -2.30. The smallest absolute Gasteiger partial charge is 0.257 e. The molecular formula is C26H30N4O2. The first kappa shape index (κ1) is 20.6. The highest BCUT2D eigenvalue weighted by atomic mass is 16.2. The number of nitrogens with two attached hydrogens (primary N) is 1. The average molecular weight is 431 g/mol. The van der Waals surface area contributed by atoms with Crippen LogP contribution >= 0.6 is 0 Å². The average Bonchev–Trinajstić information content (AvgIpc) is 3.17. The number of carbonyl (C=O) groups excluding carboxylic acids is 2. The Kier molecular flexibility index (Phi) is 5.37. The van der Waals surface area contributed by atoms with Crippen molar-refractivity contribution in [1.29, 1.82) is 0 Å². The van der Waals surface area contributed by atoms with E-state index in [1.807, 2.05) is 18.2 Å². The zero-order chi connectivity index (χ0) is 22.2. The summed E-state index contributed by atoms with van der Waals surface area (Å²) in [5.41, 5.74) is 11.6. The number of rotatable bonds is 4. The minimum absolute atomic E-state index is 0.179. The lowest BCUT2D eigenvalue weighted by molar-refractivity contribution is 0.0996. The highest BCUT2D eigenvalue weighted by Crippen LogP contribution is 2.34. The van der Waals surface area contributed by atoms with Crippen LogP contribution in [0.3, 0.4) is 0 Å². The highest BCUT2D eigenvalue weighted by Gasteiger charge is 2.23. The molecule has 1 saturated heterocycles. The van der Waals surface area contributed by atoms with Gasteiger partial charge in [-0.25, -0.2) is 0 Å². The third-order valence-electron chi connectivity index (χ3n) is 6.94. The minimum Gasteiger partial charge on any atom is -0.370 e. The quantitative estimate of drug-likeness (QED) is 0.563. The molecule has 1 fully saturated rings. The van der Waals surface area contributed by atoms with E-state index in [0.717, 1.165) is 55.4 Å². The lowest BCUT2D eigenvalue weighted by Crippen LogP contribution is -2.30. The number of hydrogen-bond donors (Lipinski definition) is 3. The number of aryl methyl sites for hydroxylation is 1. The molecule has 3 aromatic rings. The van der Waals surface area contributed by atoms with Gasteiger partial charge in [-0.2, -0.15) is 0 Å². The third-order valence-corrected chi connectivity index (χ3v) is 6.94. The Hall–Kier alpha value is -3.28. The van der Waals surface area contributed by atoms with Crippen molar-refractivity contribution in [2.75, 3.05) is 23.3 Å². The molecule has 1 aliphatic heterocycles. The Morgan fingerprint density at radius 3 is 2.72 bits per heavy atom. The molecule has 2 amide bonds. The molecule has 6 heteroatoms. The van der Waals surface area contributed by atoms with Crippen LogP contribution in [0.1, 0.15) is 64.6 Å². The monoisotopic (exact) mass is 430 g/mol. The van der Waals surface area contributed by atoms with Gasteiger partial charge in [-0.1, -0.05) is 19.1 Å². The van der Waals surface area contributed by atoms with Gasteiger partial charge in [0.05, 0.1) is 22.5 Å². The number of aromatic amines is 1. The van der Waals surface area contributed by atoms with Gasteiger partial charge in [0, 0.05) is 29.7 Å². The number of piperidine rings is 1. The van der Waals surface area contributed by atoms with E-state index in [2.05, 4.69) is 28.2 Å². The number of amides is 2.